The number of allylic oxidation sites excluding steroid dienone is 2. The minimum atomic E-state index is -2.21. The van der Waals surface area contributed by atoms with Crippen LogP contribution in [0.4, 0.5) is 0 Å². The van der Waals surface area contributed by atoms with Gasteiger partial charge in [0, 0.05) is 15.1 Å². The van der Waals surface area contributed by atoms with Crippen LogP contribution in [-0.4, -0.2) is 60.1 Å². The molecule has 8 nitrogen and oxygen atoms in total. The number of hydrogen-bond donors (Lipinski definition) is 0. The Morgan fingerprint density at radius 3 is 1.81 bits per heavy atom. The normalized spacial score (nSPS) is 25.4. The average Bonchev–Trinajstić information content (AvgIpc) is 3.42. The number of alkyl halides is 4. The van der Waals surface area contributed by atoms with Gasteiger partial charge in [-0.1, -0.05) is 85.5 Å². The largest absolute Gasteiger partial charge is 0.423 e. The van der Waals surface area contributed by atoms with Gasteiger partial charge in [0.15, 0.2) is 10.1 Å². The number of nitrogens with zero attached hydrogens (tertiary/aromatic N) is 2. The standard InChI is InChI=1S/C31H15BrCl8N2O6/c32-15-5-1-14(2-6-15)28(47)48-17-8-3-13(4-9-17)20(43)12-41(25(44)18-10-7-16(33)11-19(18)34)42-26(45)21-22(27(42)46)30(38)24(36)23(35)29(21,37)31(30,39)40/h1-11,21-22H,12H2/t21-,22+,29-,30-/m1/s1. The number of fused-ring (bicyclic) bond motifs is 5. The first-order valence-corrected chi connectivity index (χ1v) is 17.4. The summed E-state index contributed by atoms with van der Waals surface area (Å²) in [6.07, 6.45) is 0. The van der Waals surface area contributed by atoms with Crippen LogP contribution in [0.2, 0.25) is 10.0 Å². The topological polar surface area (TPSA) is 101 Å². The van der Waals surface area contributed by atoms with E-state index in [1.807, 2.05) is 0 Å². The molecule has 0 unspecified atom stereocenters. The molecule has 248 valence electrons. The minimum absolute atomic E-state index is 0.0359. The molecule has 0 radical (unpaired) electrons. The summed E-state index contributed by atoms with van der Waals surface area (Å²) >= 11 is 55.2. The number of ketones is 1. The van der Waals surface area contributed by atoms with Crippen LogP contribution in [0.1, 0.15) is 31.1 Å². The Bertz CT molecular complexity index is 1930. The molecule has 1 heterocycles. The molecule has 1 saturated carbocycles. The molecule has 3 aromatic rings. The fourth-order valence-corrected chi connectivity index (χ4v) is 9.62. The molecule has 2 aliphatic carbocycles. The van der Waals surface area contributed by atoms with Crippen LogP contribution in [-0.2, 0) is 9.59 Å². The van der Waals surface area contributed by atoms with Gasteiger partial charge >= 0.3 is 5.97 Å². The van der Waals surface area contributed by atoms with Gasteiger partial charge in [-0.05, 0) is 66.7 Å². The molecule has 3 aliphatic rings. The highest BCUT2D eigenvalue weighted by Gasteiger charge is 2.88. The van der Waals surface area contributed by atoms with Crippen molar-refractivity contribution in [3.05, 3.63) is 108 Å². The Morgan fingerprint density at radius 2 is 1.29 bits per heavy atom. The molecule has 2 bridgehead atoms. The van der Waals surface area contributed by atoms with Gasteiger partial charge in [0.25, 0.3) is 17.7 Å². The van der Waals surface area contributed by atoms with E-state index in [0.29, 0.717) is 15.6 Å². The molecule has 0 N–H and O–H groups in total. The Kier molecular flexibility index (Phi) is 9.40. The number of imide groups is 1. The molecule has 3 amide bonds. The number of hydrogen-bond acceptors (Lipinski definition) is 6. The van der Waals surface area contributed by atoms with Crippen LogP contribution in [0.15, 0.2) is 81.3 Å². The molecule has 1 aliphatic heterocycles. The Morgan fingerprint density at radius 1 is 0.771 bits per heavy atom. The second-order valence-corrected chi connectivity index (χ2v) is 15.9. The van der Waals surface area contributed by atoms with E-state index in [1.165, 1.54) is 42.5 Å². The molecule has 3 aromatic carbocycles. The maximum atomic E-state index is 14.1. The molecule has 0 aromatic heterocycles. The highest BCUT2D eigenvalue weighted by Crippen LogP contribution is 2.77. The maximum absolute atomic E-state index is 14.1. The number of carbonyl (C=O) groups is 5. The second-order valence-electron chi connectivity index (χ2n) is 10.9. The summed E-state index contributed by atoms with van der Waals surface area (Å²) in [5.74, 6) is -7.50. The van der Waals surface area contributed by atoms with E-state index in [1.54, 1.807) is 24.3 Å². The van der Waals surface area contributed by atoms with Crippen molar-refractivity contribution in [1.82, 2.24) is 10.0 Å². The summed E-state index contributed by atoms with van der Waals surface area (Å²) in [6, 6.07) is 15.8. The lowest BCUT2D eigenvalue weighted by Gasteiger charge is -2.36. The number of ether oxygens (including phenoxy) is 1. The van der Waals surface area contributed by atoms with Crippen molar-refractivity contribution in [3.8, 4) is 5.75 Å². The van der Waals surface area contributed by atoms with Crippen LogP contribution in [0.25, 0.3) is 0 Å². The minimum Gasteiger partial charge on any atom is -0.423 e. The van der Waals surface area contributed by atoms with Crippen molar-refractivity contribution in [2.45, 2.75) is 14.1 Å². The maximum Gasteiger partial charge on any atom is 0.343 e. The molecule has 4 atom stereocenters. The van der Waals surface area contributed by atoms with Crippen LogP contribution in [0.3, 0.4) is 0 Å². The lowest BCUT2D eigenvalue weighted by atomic mass is 9.84. The van der Waals surface area contributed by atoms with Gasteiger partial charge in [0.05, 0.1) is 38.0 Å². The quantitative estimate of drug-likeness (QED) is 0.0775. The van der Waals surface area contributed by atoms with E-state index in [2.05, 4.69) is 15.9 Å². The van der Waals surface area contributed by atoms with Gasteiger partial charge in [0.2, 0.25) is 0 Å². The summed E-state index contributed by atoms with van der Waals surface area (Å²) in [4.78, 5) is 64.1. The van der Waals surface area contributed by atoms with Gasteiger partial charge in [0.1, 0.15) is 22.0 Å². The molecule has 48 heavy (non-hydrogen) atoms. The number of halogens is 9. The summed E-state index contributed by atoms with van der Waals surface area (Å²) in [7, 11) is 0. The summed E-state index contributed by atoms with van der Waals surface area (Å²) in [5.41, 5.74) is 0.139. The Hall–Kier alpha value is -2.05. The van der Waals surface area contributed by atoms with E-state index in [0.717, 1.165) is 4.47 Å². The zero-order valence-corrected chi connectivity index (χ0v) is 31.1. The Labute approximate surface area is 320 Å². The molecule has 6 rings (SSSR count). The molecule has 0 spiro atoms. The monoisotopic (exact) mass is 870 g/mol. The van der Waals surface area contributed by atoms with E-state index >= 15 is 0 Å². The van der Waals surface area contributed by atoms with Crippen molar-refractivity contribution >= 4 is 138 Å². The SMILES string of the molecule is O=C(CN(C(=O)c1ccc(Cl)cc1Cl)N1C(=O)[C@@H]2[C@H](C1=O)[C@@]1(Cl)C(Cl)=C(Cl)[C@@]2(Cl)C1(Cl)Cl)c1ccc(OC(=O)c2ccc(Br)cc2)cc1. The molecule has 2 fully saturated rings. The van der Waals surface area contributed by atoms with Gasteiger partial charge in [-0.3, -0.25) is 19.2 Å². The number of Topliss-reactive ketones (excluding diaryl/α,β-unsaturated/α-hetero) is 1. The van der Waals surface area contributed by atoms with Crippen LogP contribution in [0, 0.1) is 11.8 Å². The zero-order chi connectivity index (χ0) is 35.1. The third kappa shape index (κ3) is 5.19. The van der Waals surface area contributed by atoms with E-state index < -0.39 is 61.9 Å². The fourth-order valence-electron chi connectivity index (χ4n) is 5.94. The fraction of sp³-hybridized carbons (Fsp3) is 0.194. The average molecular weight is 875 g/mol. The molecular weight excluding hydrogens is 860 g/mol. The van der Waals surface area contributed by atoms with E-state index in [4.69, 9.17) is 97.5 Å². The summed E-state index contributed by atoms with van der Waals surface area (Å²) in [6.45, 7) is -0.848. The number of hydrazine groups is 1. The summed E-state index contributed by atoms with van der Waals surface area (Å²) in [5, 5.41) is 0.497. The van der Waals surface area contributed by atoms with Crippen molar-refractivity contribution in [2.24, 2.45) is 11.8 Å². The first kappa shape index (κ1) is 35.8. The molecular formula is C31H15BrCl8N2O6. The van der Waals surface area contributed by atoms with Crippen molar-refractivity contribution in [3.63, 3.8) is 0 Å². The van der Waals surface area contributed by atoms with E-state index in [9.17, 15) is 24.0 Å². The lowest BCUT2D eigenvalue weighted by molar-refractivity contribution is -0.154. The predicted octanol–water partition coefficient (Wildman–Crippen LogP) is 8.66. The van der Waals surface area contributed by atoms with Crippen LogP contribution >= 0.6 is 109 Å². The number of amides is 3. The highest BCUT2D eigenvalue weighted by atomic mass is 79.9. The highest BCUT2D eigenvalue weighted by molar-refractivity contribution is 9.10. The van der Waals surface area contributed by atoms with Gasteiger partial charge in [-0.2, -0.15) is 5.01 Å². The third-order valence-corrected chi connectivity index (χ3v) is 13.6. The zero-order valence-electron chi connectivity index (χ0n) is 23.5. The lowest BCUT2D eigenvalue weighted by Crippen LogP contribution is -2.56. The third-order valence-electron chi connectivity index (χ3n) is 8.28. The van der Waals surface area contributed by atoms with E-state index in [-0.39, 0.29) is 37.0 Å². The number of rotatable bonds is 7. The number of esters is 1. The van der Waals surface area contributed by atoms with Gasteiger partial charge < -0.3 is 4.74 Å². The van der Waals surface area contributed by atoms with Crippen LogP contribution < -0.4 is 4.74 Å². The van der Waals surface area contributed by atoms with Crippen LogP contribution in [0.5, 0.6) is 5.75 Å². The van der Waals surface area contributed by atoms with Crippen molar-refractivity contribution < 1.29 is 28.7 Å². The summed E-state index contributed by atoms with van der Waals surface area (Å²) < 4.78 is 3.95. The first-order chi connectivity index (χ1) is 22.5. The molecule has 1 saturated heterocycles. The first-order valence-electron chi connectivity index (χ1n) is 13.5. The van der Waals surface area contributed by atoms with Gasteiger partial charge in [-0.15, -0.1) is 23.2 Å². The number of carbonyl (C=O) groups excluding carboxylic acids is 5. The molecule has 17 heteroatoms. The second kappa shape index (κ2) is 12.6. The smallest absolute Gasteiger partial charge is 0.343 e. The Balaban J connectivity index is 1.32. The predicted molar refractivity (Wildman–Crippen MR) is 187 cm³/mol. The van der Waals surface area contributed by atoms with Crippen molar-refractivity contribution in [1.29, 1.82) is 0 Å². The number of benzene rings is 3. The van der Waals surface area contributed by atoms with Crippen molar-refractivity contribution in [2.75, 3.05) is 6.54 Å². The van der Waals surface area contributed by atoms with Gasteiger partial charge in [-0.25, -0.2) is 9.80 Å².